The summed E-state index contributed by atoms with van der Waals surface area (Å²) in [4.78, 5) is 7.07. The lowest BCUT2D eigenvalue weighted by Gasteiger charge is -2.34. The standard InChI is InChI=1S/C14H24N4O.HI/c1-3-7-16-14(15-4-2)17-9-13-10-18-8-5-6-12(18)11-19-13;/h1,12-13H,4-11H2,2H3,(H2,15,16,17);1H. The Morgan fingerprint density at radius 3 is 3.10 bits per heavy atom. The zero-order valence-electron chi connectivity index (χ0n) is 12.1. The average Bonchev–Trinajstić information content (AvgIpc) is 2.89. The zero-order valence-corrected chi connectivity index (χ0v) is 14.4. The largest absolute Gasteiger partial charge is 0.373 e. The minimum atomic E-state index is 0. The molecule has 2 N–H and O–H groups in total. The summed E-state index contributed by atoms with van der Waals surface area (Å²) in [6.07, 6.45) is 8.03. The third-order valence-corrected chi connectivity index (χ3v) is 3.62. The second-order valence-corrected chi connectivity index (χ2v) is 5.02. The van der Waals surface area contributed by atoms with Crippen molar-refractivity contribution in [1.29, 1.82) is 0 Å². The first-order valence-electron chi connectivity index (χ1n) is 7.14. The number of halogens is 1. The molecule has 2 atom stereocenters. The molecule has 0 radical (unpaired) electrons. The first-order chi connectivity index (χ1) is 9.33. The molecule has 0 amide bonds. The van der Waals surface area contributed by atoms with E-state index in [-0.39, 0.29) is 30.1 Å². The number of ether oxygens (including phenoxy) is 1. The molecular weight excluding hydrogens is 367 g/mol. The maximum Gasteiger partial charge on any atom is 0.192 e. The van der Waals surface area contributed by atoms with Gasteiger partial charge in [-0.25, -0.2) is 0 Å². The summed E-state index contributed by atoms with van der Waals surface area (Å²) >= 11 is 0. The molecule has 6 heteroatoms. The lowest BCUT2D eigenvalue weighted by Crippen LogP contribution is -2.47. The average molecular weight is 392 g/mol. The van der Waals surface area contributed by atoms with Crippen molar-refractivity contribution >= 4 is 29.9 Å². The van der Waals surface area contributed by atoms with E-state index < -0.39 is 0 Å². The van der Waals surface area contributed by atoms with Crippen molar-refractivity contribution in [1.82, 2.24) is 15.5 Å². The molecule has 114 valence electrons. The Morgan fingerprint density at radius 1 is 1.50 bits per heavy atom. The van der Waals surface area contributed by atoms with Gasteiger partial charge >= 0.3 is 0 Å². The van der Waals surface area contributed by atoms with Crippen LogP contribution >= 0.6 is 24.0 Å². The number of guanidine groups is 1. The van der Waals surface area contributed by atoms with E-state index >= 15 is 0 Å². The monoisotopic (exact) mass is 392 g/mol. The lowest BCUT2D eigenvalue weighted by molar-refractivity contribution is -0.0432. The van der Waals surface area contributed by atoms with E-state index in [1.807, 2.05) is 6.92 Å². The highest BCUT2D eigenvalue weighted by atomic mass is 127. The molecule has 0 aromatic rings. The van der Waals surface area contributed by atoms with Crippen molar-refractivity contribution in [2.45, 2.75) is 31.9 Å². The van der Waals surface area contributed by atoms with Crippen LogP contribution in [0.2, 0.25) is 0 Å². The van der Waals surface area contributed by atoms with Gasteiger partial charge in [0.05, 0.1) is 25.8 Å². The van der Waals surface area contributed by atoms with Crippen molar-refractivity contribution in [3.05, 3.63) is 0 Å². The van der Waals surface area contributed by atoms with Gasteiger partial charge in [0.15, 0.2) is 5.96 Å². The number of nitrogens with zero attached hydrogens (tertiary/aromatic N) is 2. The highest BCUT2D eigenvalue weighted by Gasteiger charge is 2.31. The number of fused-ring (bicyclic) bond motifs is 1. The van der Waals surface area contributed by atoms with Crippen LogP contribution in [-0.4, -0.2) is 62.3 Å². The van der Waals surface area contributed by atoms with Gasteiger partial charge in [0, 0.05) is 19.1 Å². The molecular formula is C14H25IN4O. The summed E-state index contributed by atoms with van der Waals surface area (Å²) in [6, 6.07) is 0.646. The van der Waals surface area contributed by atoms with Crippen LogP contribution in [0.3, 0.4) is 0 Å². The minimum Gasteiger partial charge on any atom is -0.373 e. The van der Waals surface area contributed by atoms with E-state index in [0.717, 1.165) is 25.7 Å². The second kappa shape index (κ2) is 9.42. The van der Waals surface area contributed by atoms with Crippen molar-refractivity contribution in [2.75, 3.05) is 39.3 Å². The van der Waals surface area contributed by atoms with E-state index in [4.69, 9.17) is 11.2 Å². The summed E-state index contributed by atoms with van der Waals surface area (Å²) in [7, 11) is 0. The number of hydrogen-bond donors (Lipinski definition) is 2. The summed E-state index contributed by atoms with van der Waals surface area (Å²) in [5.41, 5.74) is 0. The highest BCUT2D eigenvalue weighted by Crippen LogP contribution is 2.22. The van der Waals surface area contributed by atoms with E-state index in [0.29, 0.717) is 19.1 Å². The van der Waals surface area contributed by atoms with Gasteiger partial charge in [-0.1, -0.05) is 5.92 Å². The van der Waals surface area contributed by atoms with Crippen molar-refractivity contribution in [3.8, 4) is 12.3 Å². The molecule has 5 nitrogen and oxygen atoms in total. The molecule has 0 aromatic carbocycles. The molecule has 2 fully saturated rings. The molecule has 2 heterocycles. The predicted molar refractivity (Wildman–Crippen MR) is 92.6 cm³/mol. The van der Waals surface area contributed by atoms with Crippen LogP contribution in [0.5, 0.6) is 0 Å². The maximum absolute atomic E-state index is 5.88. The van der Waals surface area contributed by atoms with Crippen molar-refractivity contribution in [2.24, 2.45) is 4.99 Å². The normalized spacial score (nSPS) is 26.3. The Kier molecular flexibility index (Phi) is 8.26. The topological polar surface area (TPSA) is 48.9 Å². The number of terminal acetylenes is 1. The van der Waals surface area contributed by atoms with Crippen LogP contribution in [0.15, 0.2) is 4.99 Å². The number of nitrogens with one attached hydrogen (secondary N) is 2. The highest BCUT2D eigenvalue weighted by molar-refractivity contribution is 14.0. The van der Waals surface area contributed by atoms with E-state index in [1.165, 1.54) is 19.4 Å². The van der Waals surface area contributed by atoms with Gasteiger partial charge in [-0.05, 0) is 26.3 Å². The van der Waals surface area contributed by atoms with E-state index in [2.05, 4.69) is 26.4 Å². The quantitative estimate of drug-likeness (QED) is 0.320. The fourth-order valence-corrected chi connectivity index (χ4v) is 2.67. The molecule has 2 rings (SSSR count). The molecule has 2 saturated heterocycles. The lowest BCUT2D eigenvalue weighted by atomic mass is 10.2. The number of morpholine rings is 1. The Labute approximate surface area is 138 Å². The Hall–Kier alpha value is -0.520. The van der Waals surface area contributed by atoms with Gasteiger partial charge in [-0.15, -0.1) is 30.4 Å². The number of hydrogen-bond acceptors (Lipinski definition) is 3. The molecule has 0 aromatic heterocycles. The summed E-state index contributed by atoms with van der Waals surface area (Å²) in [6.45, 7) is 7.12. The molecule has 0 saturated carbocycles. The van der Waals surface area contributed by atoms with Crippen LogP contribution in [0, 0.1) is 12.3 Å². The number of aliphatic imine (C=N–C) groups is 1. The van der Waals surface area contributed by atoms with Gasteiger partial charge in [0.25, 0.3) is 0 Å². The van der Waals surface area contributed by atoms with Crippen LogP contribution in [-0.2, 0) is 4.74 Å². The molecule has 20 heavy (non-hydrogen) atoms. The smallest absolute Gasteiger partial charge is 0.192 e. The van der Waals surface area contributed by atoms with Crippen LogP contribution in [0.4, 0.5) is 0 Å². The molecule has 2 aliphatic rings. The first-order valence-corrected chi connectivity index (χ1v) is 7.14. The fourth-order valence-electron chi connectivity index (χ4n) is 2.67. The zero-order chi connectivity index (χ0) is 13.5. The van der Waals surface area contributed by atoms with E-state index in [1.54, 1.807) is 0 Å². The third-order valence-electron chi connectivity index (χ3n) is 3.62. The van der Waals surface area contributed by atoms with Crippen LogP contribution in [0.25, 0.3) is 0 Å². The van der Waals surface area contributed by atoms with Crippen molar-refractivity contribution in [3.63, 3.8) is 0 Å². The van der Waals surface area contributed by atoms with Gasteiger partial charge in [-0.3, -0.25) is 9.89 Å². The molecule has 2 aliphatic heterocycles. The first kappa shape index (κ1) is 17.5. The van der Waals surface area contributed by atoms with Gasteiger partial charge < -0.3 is 15.4 Å². The van der Waals surface area contributed by atoms with Gasteiger partial charge in [-0.2, -0.15) is 0 Å². The minimum absolute atomic E-state index is 0. The Morgan fingerprint density at radius 2 is 2.35 bits per heavy atom. The Bertz CT molecular complexity index is 356. The SMILES string of the molecule is C#CCNC(=NCC1CN2CCCC2CO1)NCC.I. The summed E-state index contributed by atoms with van der Waals surface area (Å²) < 4.78 is 5.88. The summed E-state index contributed by atoms with van der Waals surface area (Å²) in [5.74, 6) is 3.32. The fraction of sp³-hybridized carbons (Fsp3) is 0.786. The molecule has 0 bridgehead atoms. The Balaban J connectivity index is 0.00000200. The molecule has 0 aliphatic carbocycles. The van der Waals surface area contributed by atoms with Gasteiger partial charge in [0.1, 0.15) is 0 Å². The second-order valence-electron chi connectivity index (χ2n) is 5.02. The van der Waals surface area contributed by atoms with Crippen LogP contribution in [0.1, 0.15) is 19.8 Å². The van der Waals surface area contributed by atoms with Crippen LogP contribution < -0.4 is 10.6 Å². The third kappa shape index (κ3) is 5.11. The molecule has 2 unspecified atom stereocenters. The molecule has 0 spiro atoms. The van der Waals surface area contributed by atoms with Crippen molar-refractivity contribution < 1.29 is 4.74 Å². The van der Waals surface area contributed by atoms with E-state index in [9.17, 15) is 0 Å². The summed E-state index contributed by atoms with van der Waals surface area (Å²) in [5, 5.41) is 6.27. The maximum atomic E-state index is 5.88. The van der Waals surface area contributed by atoms with Gasteiger partial charge in [0.2, 0.25) is 0 Å². The predicted octanol–water partition coefficient (Wildman–Crippen LogP) is 0.656. The number of rotatable bonds is 4.